The van der Waals surface area contributed by atoms with Gasteiger partial charge >= 0.3 is 11.9 Å². The SMILES string of the molecule is C=Cc1ccc(OC)c(C(=O)OCCOc2c(I)cc(I)c(C(=O)O)c2I)c1. The highest BCUT2D eigenvalue weighted by atomic mass is 127. The van der Waals surface area contributed by atoms with E-state index < -0.39 is 11.9 Å². The first-order chi connectivity index (χ1) is 13.3. The number of carbonyl (C=O) groups is 2. The summed E-state index contributed by atoms with van der Waals surface area (Å²) in [5.74, 6) is -0.691. The number of carbonyl (C=O) groups excluding carboxylic acids is 1. The molecule has 148 valence electrons. The maximum atomic E-state index is 12.4. The molecule has 0 amide bonds. The highest BCUT2D eigenvalue weighted by molar-refractivity contribution is 14.1. The fourth-order valence-electron chi connectivity index (χ4n) is 2.27. The monoisotopic (exact) mass is 720 g/mol. The smallest absolute Gasteiger partial charge is 0.342 e. The third-order valence-corrected chi connectivity index (χ3v) is 6.27. The van der Waals surface area contributed by atoms with Crippen LogP contribution in [0.1, 0.15) is 26.3 Å². The lowest BCUT2D eigenvalue weighted by molar-refractivity contribution is 0.0446. The molecule has 0 atom stereocenters. The molecule has 0 saturated carbocycles. The summed E-state index contributed by atoms with van der Waals surface area (Å²) in [4.78, 5) is 23.8. The number of rotatable bonds is 8. The summed E-state index contributed by atoms with van der Waals surface area (Å²) in [5.41, 5.74) is 1.26. The number of ether oxygens (including phenoxy) is 3. The Labute approximate surface area is 203 Å². The second kappa shape index (κ2) is 10.6. The lowest BCUT2D eigenvalue weighted by atomic mass is 10.1. The minimum Gasteiger partial charge on any atom is -0.496 e. The van der Waals surface area contributed by atoms with Crippen molar-refractivity contribution in [2.24, 2.45) is 0 Å². The zero-order chi connectivity index (χ0) is 20.8. The minimum atomic E-state index is -1.02. The van der Waals surface area contributed by atoms with Crippen molar-refractivity contribution in [2.45, 2.75) is 0 Å². The van der Waals surface area contributed by atoms with Crippen molar-refractivity contribution in [1.29, 1.82) is 0 Å². The first kappa shape index (κ1) is 23.2. The van der Waals surface area contributed by atoms with Gasteiger partial charge in [-0.1, -0.05) is 18.7 Å². The molecule has 0 radical (unpaired) electrons. The van der Waals surface area contributed by atoms with Crippen LogP contribution in [0.25, 0.3) is 6.08 Å². The Morgan fingerprint density at radius 2 is 1.86 bits per heavy atom. The molecule has 2 rings (SSSR count). The molecule has 0 aliphatic heterocycles. The molecule has 6 nitrogen and oxygen atoms in total. The standard InChI is InChI=1S/C19H15I3O6/c1-3-10-4-5-14(26-2)11(8-10)19(25)28-7-6-27-17-13(21)9-12(20)15(16(17)22)18(23)24/h3-5,8-9H,1,6-7H2,2H3,(H,23,24). The summed E-state index contributed by atoms with van der Waals surface area (Å²) in [6.45, 7) is 3.77. The van der Waals surface area contributed by atoms with E-state index in [1.54, 1.807) is 30.3 Å². The molecule has 0 fully saturated rings. The van der Waals surface area contributed by atoms with E-state index in [1.165, 1.54) is 7.11 Å². The number of carboxylic acids is 1. The van der Waals surface area contributed by atoms with Gasteiger partial charge in [0.2, 0.25) is 0 Å². The van der Waals surface area contributed by atoms with Gasteiger partial charge in [0.25, 0.3) is 0 Å². The number of carboxylic acid groups (broad SMARTS) is 1. The van der Waals surface area contributed by atoms with Gasteiger partial charge in [0.05, 0.1) is 19.8 Å². The van der Waals surface area contributed by atoms with Gasteiger partial charge in [0.1, 0.15) is 30.3 Å². The Bertz CT molecular complexity index is 926. The van der Waals surface area contributed by atoms with Crippen molar-refractivity contribution < 1.29 is 28.9 Å². The van der Waals surface area contributed by atoms with E-state index in [0.29, 0.717) is 24.2 Å². The van der Waals surface area contributed by atoms with E-state index in [0.717, 1.165) is 9.13 Å². The predicted octanol–water partition coefficient (Wildman–Crippen LogP) is 5.09. The van der Waals surface area contributed by atoms with Crippen LogP contribution in [0, 0.1) is 10.7 Å². The average molecular weight is 720 g/mol. The Hall–Kier alpha value is -1.09. The van der Waals surface area contributed by atoms with Crippen LogP contribution in [0.5, 0.6) is 11.5 Å². The van der Waals surface area contributed by atoms with Crippen molar-refractivity contribution in [2.75, 3.05) is 20.3 Å². The van der Waals surface area contributed by atoms with E-state index in [1.807, 2.05) is 45.2 Å². The molecule has 2 aromatic carbocycles. The largest absolute Gasteiger partial charge is 0.496 e. The summed E-state index contributed by atoms with van der Waals surface area (Å²) in [7, 11) is 1.48. The molecular formula is C19H15I3O6. The molecular weight excluding hydrogens is 705 g/mol. The Morgan fingerprint density at radius 1 is 1.14 bits per heavy atom. The van der Waals surface area contributed by atoms with Crippen molar-refractivity contribution in [3.8, 4) is 11.5 Å². The van der Waals surface area contributed by atoms with Gasteiger partial charge in [0, 0.05) is 3.57 Å². The Morgan fingerprint density at radius 3 is 2.46 bits per heavy atom. The summed E-state index contributed by atoms with van der Waals surface area (Å²) in [5, 5.41) is 9.37. The lowest BCUT2D eigenvalue weighted by Crippen LogP contribution is -2.15. The lowest BCUT2D eigenvalue weighted by Gasteiger charge is -2.14. The van der Waals surface area contributed by atoms with Crippen LogP contribution in [-0.2, 0) is 4.74 Å². The molecule has 0 unspecified atom stereocenters. The molecule has 0 bridgehead atoms. The maximum absolute atomic E-state index is 12.4. The van der Waals surface area contributed by atoms with Crippen LogP contribution in [0.4, 0.5) is 0 Å². The first-order valence-electron chi connectivity index (χ1n) is 7.81. The van der Waals surface area contributed by atoms with E-state index in [9.17, 15) is 14.7 Å². The molecule has 0 aliphatic rings. The first-order valence-corrected chi connectivity index (χ1v) is 11.0. The number of esters is 1. The van der Waals surface area contributed by atoms with Crippen LogP contribution in [0.3, 0.4) is 0 Å². The fraction of sp³-hybridized carbons (Fsp3) is 0.158. The zero-order valence-electron chi connectivity index (χ0n) is 14.6. The highest BCUT2D eigenvalue weighted by Crippen LogP contribution is 2.33. The summed E-state index contributed by atoms with van der Waals surface area (Å²) in [6, 6.07) is 6.83. The number of methoxy groups -OCH3 is 1. The summed E-state index contributed by atoms with van der Waals surface area (Å²) < 4.78 is 18.1. The van der Waals surface area contributed by atoms with E-state index in [2.05, 4.69) is 29.2 Å². The molecule has 0 heterocycles. The third kappa shape index (κ3) is 5.49. The Kier molecular flexibility index (Phi) is 8.80. The van der Waals surface area contributed by atoms with Gasteiger partial charge in [-0.15, -0.1) is 0 Å². The van der Waals surface area contributed by atoms with Crippen LogP contribution in [0.15, 0.2) is 30.8 Å². The normalized spacial score (nSPS) is 10.3. The molecule has 0 aliphatic carbocycles. The van der Waals surface area contributed by atoms with Crippen LogP contribution < -0.4 is 9.47 Å². The van der Waals surface area contributed by atoms with Crippen LogP contribution in [-0.4, -0.2) is 37.4 Å². The fourth-order valence-corrected chi connectivity index (χ4v) is 6.41. The van der Waals surface area contributed by atoms with Gasteiger partial charge in [-0.25, -0.2) is 9.59 Å². The van der Waals surface area contributed by atoms with Gasteiger partial charge in [-0.3, -0.25) is 0 Å². The quantitative estimate of drug-likeness (QED) is 0.233. The number of hydrogen-bond donors (Lipinski definition) is 1. The molecule has 1 N–H and O–H groups in total. The van der Waals surface area contributed by atoms with Gasteiger partial charge in [-0.2, -0.15) is 0 Å². The molecule has 0 aromatic heterocycles. The molecule has 28 heavy (non-hydrogen) atoms. The molecule has 0 spiro atoms. The topological polar surface area (TPSA) is 82.1 Å². The number of hydrogen-bond acceptors (Lipinski definition) is 5. The molecule has 0 saturated heterocycles. The van der Waals surface area contributed by atoms with Crippen LogP contribution >= 0.6 is 67.8 Å². The van der Waals surface area contributed by atoms with E-state index in [4.69, 9.17) is 14.2 Å². The predicted molar refractivity (Wildman–Crippen MR) is 130 cm³/mol. The Balaban J connectivity index is 2.06. The summed E-state index contributed by atoms with van der Waals surface area (Å²) >= 11 is 6.01. The van der Waals surface area contributed by atoms with Crippen molar-refractivity contribution in [3.63, 3.8) is 0 Å². The summed E-state index contributed by atoms with van der Waals surface area (Å²) in [6.07, 6.45) is 1.63. The third-order valence-electron chi connectivity index (χ3n) is 3.58. The van der Waals surface area contributed by atoms with Crippen LogP contribution in [0.2, 0.25) is 0 Å². The molecule has 9 heteroatoms. The second-order valence-corrected chi connectivity index (χ2v) is 8.71. The van der Waals surface area contributed by atoms with Crippen molar-refractivity contribution in [3.05, 3.63) is 58.2 Å². The van der Waals surface area contributed by atoms with Gasteiger partial charge < -0.3 is 19.3 Å². The molecule has 2 aromatic rings. The number of halogens is 3. The van der Waals surface area contributed by atoms with Crippen molar-refractivity contribution in [1.82, 2.24) is 0 Å². The van der Waals surface area contributed by atoms with E-state index >= 15 is 0 Å². The number of benzene rings is 2. The number of aromatic carboxylic acids is 1. The highest BCUT2D eigenvalue weighted by Gasteiger charge is 2.20. The van der Waals surface area contributed by atoms with E-state index in [-0.39, 0.29) is 18.8 Å². The maximum Gasteiger partial charge on any atom is 0.342 e. The van der Waals surface area contributed by atoms with Gasteiger partial charge in [0.15, 0.2) is 0 Å². The zero-order valence-corrected chi connectivity index (χ0v) is 21.1. The average Bonchev–Trinajstić information content (AvgIpc) is 2.65. The van der Waals surface area contributed by atoms with Crippen molar-refractivity contribution >= 4 is 85.8 Å². The van der Waals surface area contributed by atoms with Gasteiger partial charge in [-0.05, 0) is 91.5 Å². The second-order valence-electron chi connectivity index (χ2n) is 5.31. The minimum absolute atomic E-state index is 0.000849.